The number of nitrogens with zero attached hydrogens (tertiary/aromatic N) is 1. The lowest BCUT2D eigenvalue weighted by Crippen LogP contribution is -2.23. The first-order valence-corrected chi connectivity index (χ1v) is 10.9. The van der Waals surface area contributed by atoms with Gasteiger partial charge in [-0.2, -0.15) is 0 Å². The van der Waals surface area contributed by atoms with Gasteiger partial charge in [0.1, 0.15) is 10.6 Å². The SMILES string of the molecule is COc1cc([N+](=O)[O-])ccc1S(=O)(=O)NCc1cccc(COCc2ccccc2)c1. The maximum absolute atomic E-state index is 12.7. The Balaban J connectivity index is 1.64. The Kier molecular flexibility index (Phi) is 7.35. The smallest absolute Gasteiger partial charge is 0.273 e. The Bertz CT molecular complexity index is 1150. The summed E-state index contributed by atoms with van der Waals surface area (Å²) in [5, 5.41) is 10.9. The van der Waals surface area contributed by atoms with E-state index in [2.05, 4.69) is 4.72 Å². The number of non-ortho nitro benzene ring substituents is 1. The molecule has 0 aliphatic heterocycles. The molecular formula is C22H22N2O6S. The summed E-state index contributed by atoms with van der Waals surface area (Å²) in [7, 11) is -2.68. The van der Waals surface area contributed by atoms with Gasteiger partial charge in [-0.05, 0) is 22.8 Å². The molecule has 0 bridgehead atoms. The number of benzene rings is 3. The minimum atomic E-state index is -3.94. The molecule has 31 heavy (non-hydrogen) atoms. The predicted octanol–water partition coefficient (Wildman–Crippen LogP) is 3.80. The van der Waals surface area contributed by atoms with E-state index in [4.69, 9.17) is 9.47 Å². The summed E-state index contributed by atoms with van der Waals surface area (Å²) in [6.07, 6.45) is 0. The normalized spacial score (nSPS) is 11.3. The van der Waals surface area contributed by atoms with Crippen LogP contribution in [0.15, 0.2) is 77.7 Å². The molecule has 3 aromatic carbocycles. The van der Waals surface area contributed by atoms with Crippen LogP contribution < -0.4 is 9.46 Å². The number of hydrogen-bond acceptors (Lipinski definition) is 6. The fourth-order valence-corrected chi connectivity index (χ4v) is 4.10. The monoisotopic (exact) mass is 442 g/mol. The minimum Gasteiger partial charge on any atom is -0.495 e. The van der Waals surface area contributed by atoms with Crippen molar-refractivity contribution in [3.05, 3.63) is 99.6 Å². The molecule has 3 rings (SSSR count). The summed E-state index contributed by atoms with van der Waals surface area (Å²) in [4.78, 5) is 10.1. The second-order valence-electron chi connectivity index (χ2n) is 6.72. The van der Waals surface area contributed by atoms with Crippen molar-refractivity contribution in [3.63, 3.8) is 0 Å². The van der Waals surface area contributed by atoms with E-state index in [1.165, 1.54) is 7.11 Å². The molecule has 0 saturated heterocycles. The van der Waals surface area contributed by atoms with Crippen LogP contribution in [0.4, 0.5) is 5.69 Å². The molecule has 0 radical (unpaired) electrons. The van der Waals surface area contributed by atoms with E-state index in [0.717, 1.165) is 34.9 Å². The largest absolute Gasteiger partial charge is 0.495 e. The van der Waals surface area contributed by atoms with Crippen LogP contribution in [-0.2, 0) is 34.5 Å². The van der Waals surface area contributed by atoms with Gasteiger partial charge in [0.2, 0.25) is 10.0 Å². The second kappa shape index (κ2) is 10.2. The van der Waals surface area contributed by atoms with Gasteiger partial charge in [-0.3, -0.25) is 10.1 Å². The number of rotatable bonds is 10. The summed E-state index contributed by atoms with van der Waals surface area (Å²) >= 11 is 0. The average molecular weight is 442 g/mol. The Morgan fingerprint density at radius 2 is 1.58 bits per heavy atom. The summed E-state index contributed by atoms with van der Waals surface area (Å²) in [6, 6.07) is 20.6. The first-order chi connectivity index (χ1) is 14.9. The molecule has 0 aliphatic rings. The van der Waals surface area contributed by atoms with Crippen LogP contribution in [0.5, 0.6) is 5.75 Å². The molecule has 0 aromatic heterocycles. The van der Waals surface area contributed by atoms with Crippen LogP contribution in [-0.4, -0.2) is 20.5 Å². The molecule has 0 saturated carbocycles. The fraction of sp³-hybridized carbons (Fsp3) is 0.182. The number of sulfonamides is 1. The van der Waals surface area contributed by atoms with E-state index in [0.29, 0.717) is 13.2 Å². The van der Waals surface area contributed by atoms with Crippen LogP contribution in [0.3, 0.4) is 0 Å². The number of nitrogens with one attached hydrogen (secondary N) is 1. The quantitative estimate of drug-likeness (QED) is 0.378. The fourth-order valence-electron chi connectivity index (χ4n) is 2.94. The first-order valence-electron chi connectivity index (χ1n) is 9.40. The van der Waals surface area contributed by atoms with E-state index in [9.17, 15) is 18.5 Å². The Morgan fingerprint density at radius 3 is 2.29 bits per heavy atom. The minimum absolute atomic E-state index is 0.0506. The third kappa shape index (κ3) is 6.11. The number of ether oxygens (including phenoxy) is 2. The van der Waals surface area contributed by atoms with Crippen molar-refractivity contribution in [2.75, 3.05) is 7.11 Å². The van der Waals surface area contributed by atoms with Crippen LogP contribution in [0.25, 0.3) is 0 Å². The molecule has 8 nitrogen and oxygen atoms in total. The maximum Gasteiger partial charge on any atom is 0.273 e. The molecule has 0 spiro atoms. The van der Waals surface area contributed by atoms with E-state index < -0.39 is 14.9 Å². The van der Waals surface area contributed by atoms with Crippen LogP contribution >= 0.6 is 0 Å². The van der Waals surface area contributed by atoms with Gasteiger partial charge in [0, 0.05) is 12.6 Å². The second-order valence-corrected chi connectivity index (χ2v) is 8.45. The van der Waals surface area contributed by atoms with Gasteiger partial charge in [0.05, 0.1) is 31.3 Å². The standard InChI is InChI=1S/C22H22N2O6S/c1-29-21-13-20(24(25)26)10-11-22(21)31(27,28)23-14-18-8-5-9-19(12-18)16-30-15-17-6-3-2-4-7-17/h2-13,23H,14-16H2,1H3. The molecule has 0 amide bonds. The Morgan fingerprint density at radius 1 is 0.903 bits per heavy atom. The zero-order chi connectivity index (χ0) is 22.3. The molecule has 9 heteroatoms. The highest BCUT2D eigenvalue weighted by Gasteiger charge is 2.22. The maximum atomic E-state index is 12.7. The average Bonchev–Trinajstić information content (AvgIpc) is 2.78. The highest BCUT2D eigenvalue weighted by atomic mass is 32.2. The van der Waals surface area contributed by atoms with Crippen molar-refractivity contribution in [2.45, 2.75) is 24.7 Å². The van der Waals surface area contributed by atoms with Gasteiger partial charge >= 0.3 is 0 Å². The van der Waals surface area contributed by atoms with Crippen molar-refractivity contribution < 1.29 is 22.8 Å². The highest BCUT2D eigenvalue weighted by molar-refractivity contribution is 7.89. The molecule has 0 aliphatic carbocycles. The summed E-state index contributed by atoms with van der Waals surface area (Å²) in [6.45, 7) is 0.929. The number of nitro groups is 1. The topological polar surface area (TPSA) is 108 Å². The zero-order valence-corrected chi connectivity index (χ0v) is 17.7. The van der Waals surface area contributed by atoms with Gasteiger partial charge in [-0.25, -0.2) is 13.1 Å². The summed E-state index contributed by atoms with van der Waals surface area (Å²) in [5.41, 5.74) is 2.49. The molecular weight excluding hydrogens is 420 g/mol. The zero-order valence-electron chi connectivity index (χ0n) is 16.9. The molecule has 3 aromatic rings. The van der Waals surface area contributed by atoms with E-state index in [1.807, 2.05) is 48.5 Å². The van der Waals surface area contributed by atoms with E-state index in [-0.39, 0.29) is 22.9 Å². The van der Waals surface area contributed by atoms with Crippen molar-refractivity contribution >= 4 is 15.7 Å². The van der Waals surface area contributed by atoms with E-state index in [1.54, 1.807) is 6.07 Å². The van der Waals surface area contributed by atoms with Crippen LogP contribution in [0.2, 0.25) is 0 Å². The summed E-state index contributed by atoms with van der Waals surface area (Å²) < 4.78 is 38.7. The van der Waals surface area contributed by atoms with Gasteiger partial charge in [0.25, 0.3) is 5.69 Å². The van der Waals surface area contributed by atoms with Crippen molar-refractivity contribution in [1.82, 2.24) is 4.72 Å². The van der Waals surface area contributed by atoms with Gasteiger partial charge in [-0.1, -0.05) is 54.6 Å². The highest BCUT2D eigenvalue weighted by Crippen LogP contribution is 2.28. The van der Waals surface area contributed by atoms with Crippen LogP contribution in [0, 0.1) is 10.1 Å². The van der Waals surface area contributed by atoms with Gasteiger partial charge < -0.3 is 9.47 Å². The van der Waals surface area contributed by atoms with Crippen molar-refractivity contribution in [1.29, 1.82) is 0 Å². The third-order valence-electron chi connectivity index (χ3n) is 4.49. The first kappa shape index (κ1) is 22.4. The molecule has 1 N–H and O–H groups in total. The molecule has 0 unspecified atom stereocenters. The lowest BCUT2D eigenvalue weighted by atomic mass is 10.1. The third-order valence-corrected chi connectivity index (χ3v) is 5.93. The van der Waals surface area contributed by atoms with Crippen LogP contribution in [0.1, 0.15) is 16.7 Å². The molecule has 0 atom stereocenters. The number of nitro benzene ring substituents is 1. The van der Waals surface area contributed by atoms with Gasteiger partial charge in [0.15, 0.2) is 0 Å². The summed E-state index contributed by atoms with van der Waals surface area (Å²) in [5.74, 6) is -0.0928. The Hall–Kier alpha value is -3.27. The molecule has 0 heterocycles. The Labute approximate surface area is 180 Å². The van der Waals surface area contributed by atoms with Crippen molar-refractivity contribution in [3.8, 4) is 5.75 Å². The lowest BCUT2D eigenvalue weighted by molar-refractivity contribution is -0.385. The van der Waals surface area contributed by atoms with Crippen molar-refractivity contribution in [2.24, 2.45) is 0 Å². The predicted molar refractivity (Wildman–Crippen MR) is 115 cm³/mol. The lowest BCUT2D eigenvalue weighted by Gasteiger charge is -2.11. The number of methoxy groups -OCH3 is 1. The molecule has 162 valence electrons. The van der Waals surface area contributed by atoms with Gasteiger partial charge in [-0.15, -0.1) is 0 Å². The van der Waals surface area contributed by atoms with E-state index >= 15 is 0 Å². The molecule has 0 fully saturated rings. The number of hydrogen-bond donors (Lipinski definition) is 1.